The Bertz CT molecular complexity index is 338. The van der Waals surface area contributed by atoms with Crippen LogP contribution in [0, 0.1) is 12.8 Å². The van der Waals surface area contributed by atoms with Crippen LogP contribution in [-0.4, -0.2) is 18.1 Å². The van der Waals surface area contributed by atoms with Crippen LogP contribution >= 0.6 is 11.3 Å². The third-order valence-electron chi connectivity index (χ3n) is 3.13. The molecular weight excluding hydrogens is 216 g/mol. The number of thiazole rings is 1. The van der Waals surface area contributed by atoms with Crippen LogP contribution in [0.4, 0.5) is 0 Å². The molecule has 0 aromatic carbocycles. The van der Waals surface area contributed by atoms with Crippen molar-refractivity contribution in [1.82, 2.24) is 10.3 Å². The van der Waals surface area contributed by atoms with Gasteiger partial charge in [-0.05, 0) is 32.2 Å². The highest BCUT2D eigenvalue weighted by Gasteiger charge is 2.20. The first kappa shape index (κ1) is 12.1. The molecule has 90 valence electrons. The van der Waals surface area contributed by atoms with Gasteiger partial charge in [-0.25, -0.2) is 4.98 Å². The van der Waals surface area contributed by atoms with Gasteiger partial charge < -0.3 is 5.32 Å². The van der Waals surface area contributed by atoms with E-state index in [1.165, 1.54) is 35.0 Å². The summed E-state index contributed by atoms with van der Waals surface area (Å²) in [6.45, 7) is 9.03. The number of hydrogen-bond donors (Lipinski definition) is 1. The number of nitrogens with one attached hydrogen (secondary N) is 1. The smallest absolute Gasteiger partial charge is 0.0933 e. The summed E-state index contributed by atoms with van der Waals surface area (Å²) in [5.41, 5.74) is 1.27. The van der Waals surface area contributed by atoms with Crippen LogP contribution in [0.1, 0.15) is 48.2 Å². The lowest BCUT2D eigenvalue weighted by molar-refractivity contribution is 0.464. The number of aryl methyl sites for hydroxylation is 1. The molecule has 2 heterocycles. The van der Waals surface area contributed by atoms with Crippen LogP contribution in [0.15, 0.2) is 0 Å². The first-order valence-electron chi connectivity index (χ1n) is 6.33. The van der Waals surface area contributed by atoms with E-state index >= 15 is 0 Å². The van der Waals surface area contributed by atoms with Gasteiger partial charge in [-0.2, -0.15) is 0 Å². The van der Waals surface area contributed by atoms with Crippen molar-refractivity contribution in [3.8, 4) is 0 Å². The van der Waals surface area contributed by atoms with Gasteiger partial charge >= 0.3 is 0 Å². The van der Waals surface area contributed by atoms with E-state index in [-0.39, 0.29) is 0 Å². The van der Waals surface area contributed by atoms with Gasteiger partial charge in [0.15, 0.2) is 0 Å². The highest BCUT2D eigenvalue weighted by Crippen LogP contribution is 2.31. The minimum absolute atomic E-state index is 0.711. The molecule has 0 bridgehead atoms. The number of nitrogens with zero attached hydrogens (tertiary/aromatic N) is 1. The van der Waals surface area contributed by atoms with Gasteiger partial charge in [0.1, 0.15) is 0 Å². The second-order valence-electron chi connectivity index (χ2n) is 5.20. The first-order valence-corrected chi connectivity index (χ1v) is 7.15. The summed E-state index contributed by atoms with van der Waals surface area (Å²) in [6, 6.07) is 0. The zero-order valence-corrected chi connectivity index (χ0v) is 11.4. The molecular formula is C13H22N2S. The molecule has 2 nitrogen and oxygen atoms in total. The van der Waals surface area contributed by atoms with E-state index in [1.54, 1.807) is 0 Å². The van der Waals surface area contributed by atoms with Crippen molar-refractivity contribution in [3.63, 3.8) is 0 Å². The van der Waals surface area contributed by atoms with Gasteiger partial charge in [-0.1, -0.05) is 13.8 Å². The maximum Gasteiger partial charge on any atom is 0.0933 e. The molecule has 0 amide bonds. The van der Waals surface area contributed by atoms with Crippen molar-refractivity contribution in [3.05, 3.63) is 15.6 Å². The van der Waals surface area contributed by atoms with E-state index in [1.807, 2.05) is 11.3 Å². The Morgan fingerprint density at radius 3 is 2.94 bits per heavy atom. The minimum Gasteiger partial charge on any atom is -0.316 e. The van der Waals surface area contributed by atoms with E-state index in [0.717, 1.165) is 13.0 Å². The predicted molar refractivity (Wildman–Crippen MR) is 70.2 cm³/mol. The van der Waals surface area contributed by atoms with Crippen molar-refractivity contribution in [2.24, 2.45) is 5.92 Å². The van der Waals surface area contributed by atoms with E-state index in [9.17, 15) is 0 Å². The van der Waals surface area contributed by atoms with Gasteiger partial charge in [0, 0.05) is 23.8 Å². The summed E-state index contributed by atoms with van der Waals surface area (Å²) < 4.78 is 0. The SMILES string of the molecule is Cc1nc(CC(C)C)sc1C1CCCNC1. The molecule has 1 atom stereocenters. The van der Waals surface area contributed by atoms with Crippen LogP contribution < -0.4 is 5.32 Å². The van der Waals surface area contributed by atoms with E-state index in [4.69, 9.17) is 4.98 Å². The minimum atomic E-state index is 0.711. The zero-order chi connectivity index (χ0) is 11.5. The molecule has 0 radical (unpaired) electrons. The maximum absolute atomic E-state index is 4.72. The van der Waals surface area contributed by atoms with E-state index < -0.39 is 0 Å². The summed E-state index contributed by atoms with van der Waals surface area (Å²) in [4.78, 5) is 6.25. The summed E-state index contributed by atoms with van der Waals surface area (Å²) >= 11 is 1.94. The fraction of sp³-hybridized carbons (Fsp3) is 0.769. The predicted octanol–water partition coefficient (Wildman–Crippen LogP) is 3.12. The second kappa shape index (κ2) is 5.28. The molecule has 1 fully saturated rings. The largest absolute Gasteiger partial charge is 0.316 e. The summed E-state index contributed by atoms with van der Waals surface area (Å²) in [5, 5.41) is 4.82. The molecule has 16 heavy (non-hydrogen) atoms. The Balaban J connectivity index is 2.10. The van der Waals surface area contributed by atoms with Gasteiger partial charge in [0.2, 0.25) is 0 Å². The Morgan fingerprint density at radius 1 is 1.50 bits per heavy atom. The summed E-state index contributed by atoms with van der Waals surface area (Å²) in [6.07, 6.45) is 3.77. The molecule has 3 heteroatoms. The van der Waals surface area contributed by atoms with E-state index in [2.05, 4.69) is 26.1 Å². The van der Waals surface area contributed by atoms with Gasteiger partial charge in [-0.3, -0.25) is 0 Å². The van der Waals surface area contributed by atoms with E-state index in [0.29, 0.717) is 11.8 Å². The Morgan fingerprint density at radius 2 is 2.31 bits per heavy atom. The van der Waals surface area contributed by atoms with Crippen LogP contribution in [0.3, 0.4) is 0 Å². The molecule has 0 aliphatic carbocycles. The lowest BCUT2D eigenvalue weighted by Gasteiger charge is -2.21. The molecule has 0 saturated carbocycles. The van der Waals surface area contributed by atoms with Crippen molar-refractivity contribution in [1.29, 1.82) is 0 Å². The maximum atomic E-state index is 4.72. The quantitative estimate of drug-likeness (QED) is 0.875. The average Bonchev–Trinajstić information content (AvgIpc) is 2.60. The molecule has 1 aliphatic rings. The third-order valence-corrected chi connectivity index (χ3v) is 4.47. The molecule has 1 N–H and O–H groups in total. The number of rotatable bonds is 3. The van der Waals surface area contributed by atoms with Crippen LogP contribution in [-0.2, 0) is 6.42 Å². The topological polar surface area (TPSA) is 24.9 Å². The standard InChI is InChI=1S/C13H22N2S/c1-9(2)7-12-15-10(3)13(16-12)11-5-4-6-14-8-11/h9,11,14H,4-8H2,1-3H3. The fourth-order valence-electron chi connectivity index (χ4n) is 2.36. The van der Waals surface area contributed by atoms with Gasteiger partial charge in [-0.15, -0.1) is 11.3 Å². The van der Waals surface area contributed by atoms with Crippen LogP contribution in [0.2, 0.25) is 0 Å². The monoisotopic (exact) mass is 238 g/mol. The molecule has 1 saturated heterocycles. The molecule has 1 aromatic heterocycles. The number of hydrogen-bond acceptors (Lipinski definition) is 3. The Kier molecular flexibility index (Phi) is 3.98. The van der Waals surface area contributed by atoms with Crippen molar-refractivity contribution < 1.29 is 0 Å². The highest BCUT2D eigenvalue weighted by atomic mass is 32.1. The lowest BCUT2D eigenvalue weighted by atomic mass is 9.97. The van der Waals surface area contributed by atoms with Crippen molar-refractivity contribution >= 4 is 11.3 Å². The fourth-order valence-corrected chi connectivity index (χ4v) is 3.77. The lowest BCUT2D eigenvalue weighted by Crippen LogP contribution is -2.28. The zero-order valence-electron chi connectivity index (χ0n) is 10.5. The number of piperidine rings is 1. The molecule has 1 unspecified atom stereocenters. The molecule has 2 rings (SSSR count). The van der Waals surface area contributed by atoms with Gasteiger partial charge in [0.25, 0.3) is 0 Å². The average molecular weight is 238 g/mol. The molecule has 1 aromatic rings. The normalized spacial score (nSPS) is 21.6. The summed E-state index contributed by atoms with van der Waals surface area (Å²) in [7, 11) is 0. The highest BCUT2D eigenvalue weighted by molar-refractivity contribution is 7.11. The third kappa shape index (κ3) is 2.83. The second-order valence-corrected chi connectivity index (χ2v) is 6.31. The molecule has 0 spiro atoms. The molecule has 1 aliphatic heterocycles. The Hall–Kier alpha value is -0.410. The number of aromatic nitrogens is 1. The van der Waals surface area contributed by atoms with Crippen molar-refractivity contribution in [2.75, 3.05) is 13.1 Å². The first-order chi connectivity index (χ1) is 7.66. The Labute approximate surface area is 102 Å². The van der Waals surface area contributed by atoms with Crippen LogP contribution in [0.5, 0.6) is 0 Å². The summed E-state index contributed by atoms with van der Waals surface area (Å²) in [5.74, 6) is 1.43. The van der Waals surface area contributed by atoms with Crippen molar-refractivity contribution in [2.45, 2.75) is 46.0 Å². The van der Waals surface area contributed by atoms with Gasteiger partial charge in [0.05, 0.1) is 10.7 Å². The van der Waals surface area contributed by atoms with Crippen LogP contribution in [0.25, 0.3) is 0 Å².